The van der Waals surface area contributed by atoms with Crippen LogP contribution >= 0.6 is 0 Å². The van der Waals surface area contributed by atoms with Crippen molar-refractivity contribution in [1.29, 1.82) is 0 Å². The topological polar surface area (TPSA) is 55.6 Å². The smallest absolute Gasteiger partial charge is 0.222 e. The molecule has 134 valence electrons. The number of hydrogen-bond donors (Lipinski definition) is 1. The average Bonchev–Trinajstić information content (AvgIpc) is 2.59. The summed E-state index contributed by atoms with van der Waals surface area (Å²) < 4.78 is 31.7. The highest BCUT2D eigenvalue weighted by atomic mass is 19.2. The highest BCUT2D eigenvalue weighted by Gasteiger charge is 2.22. The van der Waals surface area contributed by atoms with Gasteiger partial charge in [0.25, 0.3) is 0 Å². The van der Waals surface area contributed by atoms with E-state index >= 15 is 0 Å². The van der Waals surface area contributed by atoms with Crippen molar-refractivity contribution in [3.63, 3.8) is 0 Å². The lowest BCUT2D eigenvalue weighted by molar-refractivity contribution is -0.133. The Labute approximate surface area is 142 Å². The largest absolute Gasteiger partial charge is 0.378 e. The number of amides is 1. The first-order chi connectivity index (χ1) is 11.6. The van der Waals surface area contributed by atoms with Crippen molar-refractivity contribution in [2.24, 2.45) is 5.73 Å². The van der Waals surface area contributed by atoms with Gasteiger partial charge in [0, 0.05) is 26.1 Å². The number of likely N-dealkylation sites (tertiary alicyclic amines) is 1. The Morgan fingerprint density at radius 1 is 1.21 bits per heavy atom. The molecule has 2 rings (SSSR count). The van der Waals surface area contributed by atoms with E-state index in [1.54, 1.807) is 6.07 Å². The van der Waals surface area contributed by atoms with Crippen LogP contribution in [0.25, 0.3) is 0 Å². The molecule has 4 nitrogen and oxygen atoms in total. The second kappa shape index (κ2) is 9.69. The van der Waals surface area contributed by atoms with Gasteiger partial charge in [0.05, 0.1) is 6.10 Å². The molecule has 1 saturated heterocycles. The summed E-state index contributed by atoms with van der Waals surface area (Å²) in [4.78, 5) is 14.1. The lowest BCUT2D eigenvalue weighted by Crippen LogP contribution is -2.41. The minimum Gasteiger partial charge on any atom is -0.378 e. The maximum Gasteiger partial charge on any atom is 0.222 e. The highest BCUT2D eigenvalue weighted by Crippen LogP contribution is 2.16. The molecule has 2 N–H and O–H groups in total. The van der Waals surface area contributed by atoms with Crippen molar-refractivity contribution >= 4 is 5.91 Å². The summed E-state index contributed by atoms with van der Waals surface area (Å²) in [5.74, 6) is -1.56. The van der Waals surface area contributed by atoms with E-state index in [0.29, 0.717) is 38.0 Å². The van der Waals surface area contributed by atoms with Crippen LogP contribution in [-0.2, 0) is 16.0 Å². The fourth-order valence-electron chi connectivity index (χ4n) is 2.90. The van der Waals surface area contributed by atoms with Gasteiger partial charge in [-0.25, -0.2) is 8.78 Å². The number of carbonyl (C=O) groups excluding carboxylic acids is 1. The molecule has 1 aromatic rings. The van der Waals surface area contributed by atoms with E-state index < -0.39 is 11.6 Å². The van der Waals surface area contributed by atoms with Crippen LogP contribution in [-0.4, -0.2) is 43.2 Å². The third-order valence-electron chi connectivity index (χ3n) is 4.34. The molecule has 1 heterocycles. The predicted molar refractivity (Wildman–Crippen MR) is 88.5 cm³/mol. The molecule has 0 aromatic heterocycles. The summed E-state index contributed by atoms with van der Waals surface area (Å²) in [7, 11) is 0. The first kappa shape index (κ1) is 18.8. The minimum absolute atomic E-state index is 0.123. The molecule has 0 unspecified atom stereocenters. The normalized spacial score (nSPS) is 15.7. The van der Waals surface area contributed by atoms with Gasteiger partial charge in [-0.15, -0.1) is 0 Å². The number of ether oxygens (including phenoxy) is 1. The van der Waals surface area contributed by atoms with Gasteiger partial charge in [-0.3, -0.25) is 4.79 Å². The number of piperidine rings is 1. The molecule has 0 atom stereocenters. The van der Waals surface area contributed by atoms with Crippen molar-refractivity contribution in [3.8, 4) is 0 Å². The molecule has 0 bridgehead atoms. The predicted octanol–water partition coefficient (Wildman–Crippen LogP) is 2.64. The third kappa shape index (κ3) is 5.83. The van der Waals surface area contributed by atoms with Crippen molar-refractivity contribution in [1.82, 2.24) is 4.90 Å². The molecule has 0 spiro atoms. The van der Waals surface area contributed by atoms with E-state index in [4.69, 9.17) is 10.5 Å². The third-order valence-corrected chi connectivity index (χ3v) is 4.34. The molecule has 1 amide bonds. The van der Waals surface area contributed by atoms with Crippen molar-refractivity contribution < 1.29 is 18.3 Å². The summed E-state index contributed by atoms with van der Waals surface area (Å²) in [5.41, 5.74) is 6.15. The number of benzene rings is 1. The Morgan fingerprint density at radius 2 is 1.96 bits per heavy atom. The molecule has 6 heteroatoms. The van der Waals surface area contributed by atoms with Gasteiger partial charge < -0.3 is 15.4 Å². The van der Waals surface area contributed by atoms with E-state index in [0.717, 1.165) is 38.4 Å². The fourth-order valence-corrected chi connectivity index (χ4v) is 2.90. The van der Waals surface area contributed by atoms with Gasteiger partial charge in [-0.1, -0.05) is 6.07 Å². The number of aryl methyl sites for hydroxylation is 1. The Bertz CT molecular complexity index is 532. The summed E-state index contributed by atoms with van der Waals surface area (Å²) in [6, 6.07) is 3.89. The van der Waals surface area contributed by atoms with E-state index in [1.807, 2.05) is 4.90 Å². The van der Waals surface area contributed by atoms with Crippen molar-refractivity contribution in [3.05, 3.63) is 35.4 Å². The van der Waals surface area contributed by atoms with Gasteiger partial charge in [0.1, 0.15) is 0 Å². The number of nitrogens with two attached hydrogens (primary N) is 1. The molecule has 1 aromatic carbocycles. The number of rotatable bonds is 8. The lowest BCUT2D eigenvalue weighted by atomic mass is 10.0. The maximum atomic E-state index is 13.1. The van der Waals surface area contributed by atoms with Gasteiger partial charge in [0.15, 0.2) is 11.6 Å². The standard InChI is InChI=1S/C18H26F2N2O2/c19-16-6-5-14(13-17(16)20)3-1-4-18(23)22-10-7-15(8-11-22)24-12-2-9-21/h5-6,13,15H,1-4,7-12,21H2. The number of carbonyl (C=O) groups is 1. The first-order valence-corrected chi connectivity index (χ1v) is 8.63. The van der Waals surface area contributed by atoms with Crippen molar-refractivity contribution in [2.75, 3.05) is 26.2 Å². The Balaban J connectivity index is 1.65. The maximum absolute atomic E-state index is 13.1. The summed E-state index contributed by atoms with van der Waals surface area (Å²) in [5, 5.41) is 0. The van der Waals surface area contributed by atoms with Crippen LogP contribution in [0.1, 0.15) is 37.7 Å². The molecule has 1 fully saturated rings. The van der Waals surface area contributed by atoms with Crippen LogP contribution < -0.4 is 5.73 Å². The van der Waals surface area contributed by atoms with Gasteiger partial charge >= 0.3 is 0 Å². The molecule has 0 saturated carbocycles. The molecule has 1 aliphatic heterocycles. The molecule has 0 radical (unpaired) electrons. The van der Waals surface area contributed by atoms with Gasteiger partial charge in [-0.05, 0) is 56.3 Å². The van der Waals surface area contributed by atoms with E-state index in [9.17, 15) is 13.6 Å². The van der Waals surface area contributed by atoms with Crippen LogP contribution in [0.5, 0.6) is 0 Å². The van der Waals surface area contributed by atoms with Crippen LogP contribution in [0.15, 0.2) is 18.2 Å². The zero-order valence-corrected chi connectivity index (χ0v) is 14.0. The zero-order valence-electron chi connectivity index (χ0n) is 14.0. The Morgan fingerprint density at radius 3 is 2.62 bits per heavy atom. The molecule has 24 heavy (non-hydrogen) atoms. The van der Waals surface area contributed by atoms with Crippen LogP contribution in [0, 0.1) is 11.6 Å². The van der Waals surface area contributed by atoms with Gasteiger partial charge in [0.2, 0.25) is 5.91 Å². The van der Waals surface area contributed by atoms with E-state index in [-0.39, 0.29) is 12.0 Å². The second-order valence-corrected chi connectivity index (χ2v) is 6.20. The van der Waals surface area contributed by atoms with Crippen molar-refractivity contribution in [2.45, 2.75) is 44.6 Å². The summed E-state index contributed by atoms with van der Waals surface area (Å²) >= 11 is 0. The summed E-state index contributed by atoms with van der Waals surface area (Å²) in [6.07, 6.45) is 4.45. The minimum atomic E-state index is -0.841. The van der Waals surface area contributed by atoms with Crippen LogP contribution in [0.3, 0.4) is 0 Å². The number of nitrogens with zero attached hydrogens (tertiary/aromatic N) is 1. The zero-order chi connectivity index (χ0) is 17.4. The average molecular weight is 340 g/mol. The quantitative estimate of drug-likeness (QED) is 0.740. The number of hydrogen-bond acceptors (Lipinski definition) is 3. The Hall–Kier alpha value is -1.53. The molecular formula is C18H26F2N2O2. The lowest BCUT2D eigenvalue weighted by Gasteiger charge is -2.32. The first-order valence-electron chi connectivity index (χ1n) is 8.63. The monoisotopic (exact) mass is 340 g/mol. The highest BCUT2D eigenvalue weighted by molar-refractivity contribution is 5.76. The molecule has 0 aliphatic carbocycles. The summed E-state index contributed by atoms with van der Waals surface area (Å²) in [6.45, 7) is 2.76. The van der Waals surface area contributed by atoms with Crippen LogP contribution in [0.4, 0.5) is 8.78 Å². The molecular weight excluding hydrogens is 314 g/mol. The Kier molecular flexibility index (Phi) is 7.59. The number of halogens is 2. The fraction of sp³-hybridized carbons (Fsp3) is 0.611. The molecule has 1 aliphatic rings. The van der Waals surface area contributed by atoms with Crippen LogP contribution in [0.2, 0.25) is 0 Å². The van der Waals surface area contributed by atoms with E-state index in [1.165, 1.54) is 6.07 Å². The second-order valence-electron chi connectivity index (χ2n) is 6.20. The SMILES string of the molecule is NCCCOC1CCN(C(=O)CCCc2ccc(F)c(F)c2)CC1. The van der Waals surface area contributed by atoms with Gasteiger partial charge in [-0.2, -0.15) is 0 Å². The van der Waals surface area contributed by atoms with E-state index in [2.05, 4.69) is 0 Å².